The van der Waals surface area contributed by atoms with Crippen molar-refractivity contribution in [3.05, 3.63) is 58.1 Å². The molecule has 2 aromatic carbocycles. The van der Waals surface area contributed by atoms with Crippen molar-refractivity contribution in [2.75, 3.05) is 25.7 Å². The van der Waals surface area contributed by atoms with Gasteiger partial charge in [-0.25, -0.2) is 8.42 Å². The molecule has 148 valence electrons. The van der Waals surface area contributed by atoms with E-state index in [1.807, 2.05) is 0 Å². The minimum absolute atomic E-state index is 0.187. The molecule has 0 aliphatic heterocycles. The van der Waals surface area contributed by atoms with Gasteiger partial charge in [-0.05, 0) is 30.0 Å². The third-order valence-electron chi connectivity index (χ3n) is 3.49. The highest BCUT2D eigenvalue weighted by molar-refractivity contribution is 8.13. The van der Waals surface area contributed by atoms with Crippen LogP contribution < -0.4 is 5.32 Å². The van der Waals surface area contributed by atoms with Crippen molar-refractivity contribution in [2.24, 2.45) is 0 Å². The number of nitro groups is 1. The standard InChI is InChI=1S/C17H17N3O6S2/c1-19(2)17(22)27-15-7-5-4-6-14(15)18-16(21)11-8-12(20(23)24)10-13(9-11)28(3,25)26/h4-10H,1-3H3,(H,18,21). The Kier molecular flexibility index (Phi) is 6.41. The summed E-state index contributed by atoms with van der Waals surface area (Å²) in [4.78, 5) is 36.4. The van der Waals surface area contributed by atoms with Crippen molar-refractivity contribution in [2.45, 2.75) is 9.79 Å². The topological polar surface area (TPSA) is 127 Å². The van der Waals surface area contributed by atoms with Crippen LogP contribution in [0.4, 0.5) is 16.2 Å². The lowest BCUT2D eigenvalue weighted by molar-refractivity contribution is -0.385. The van der Waals surface area contributed by atoms with Crippen LogP contribution in [-0.4, -0.2) is 49.7 Å². The first kappa shape index (κ1) is 21.4. The summed E-state index contributed by atoms with van der Waals surface area (Å²) >= 11 is 0.899. The Hall–Kier alpha value is -2.92. The van der Waals surface area contributed by atoms with Crippen LogP contribution in [0.15, 0.2) is 52.3 Å². The minimum Gasteiger partial charge on any atom is -0.339 e. The second-order valence-electron chi connectivity index (χ2n) is 5.96. The average molecular weight is 423 g/mol. The number of hydrogen-bond donors (Lipinski definition) is 1. The number of carbonyl (C=O) groups excluding carboxylic acids is 2. The number of para-hydroxylation sites is 1. The van der Waals surface area contributed by atoms with Gasteiger partial charge in [0.25, 0.3) is 16.8 Å². The lowest BCUT2D eigenvalue weighted by atomic mass is 10.2. The van der Waals surface area contributed by atoms with Gasteiger partial charge in [0, 0.05) is 42.9 Å². The van der Waals surface area contributed by atoms with Crippen molar-refractivity contribution < 1.29 is 22.9 Å². The molecular weight excluding hydrogens is 406 g/mol. The number of hydrogen-bond acceptors (Lipinski definition) is 7. The third kappa shape index (κ3) is 5.30. The molecule has 1 N–H and O–H groups in total. The molecule has 0 radical (unpaired) electrons. The molecule has 0 bridgehead atoms. The lowest BCUT2D eigenvalue weighted by Gasteiger charge is -2.13. The molecule has 0 fully saturated rings. The molecule has 28 heavy (non-hydrogen) atoms. The second-order valence-corrected chi connectivity index (χ2v) is 8.97. The fourth-order valence-electron chi connectivity index (χ4n) is 2.07. The molecule has 0 saturated carbocycles. The quantitative estimate of drug-likeness (QED) is 0.445. The highest BCUT2D eigenvalue weighted by atomic mass is 32.2. The normalized spacial score (nSPS) is 11.0. The van der Waals surface area contributed by atoms with Gasteiger partial charge in [0.15, 0.2) is 9.84 Å². The van der Waals surface area contributed by atoms with Crippen LogP contribution in [0.2, 0.25) is 0 Å². The van der Waals surface area contributed by atoms with Crippen LogP contribution in [0, 0.1) is 10.1 Å². The highest BCUT2D eigenvalue weighted by Gasteiger charge is 2.20. The molecule has 0 heterocycles. The molecule has 0 aliphatic rings. The highest BCUT2D eigenvalue weighted by Crippen LogP contribution is 2.29. The van der Waals surface area contributed by atoms with Gasteiger partial charge in [-0.2, -0.15) is 0 Å². The summed E-state index contributed by atoms with van der Waals surface area (Å²) in [5, 5.41) is 13.4. The Morgan fingerprint density at radius 3 is 2.36 bits per heavy atom. The maximum atomic E-state index is 12.6. The number of nitrogens with one attached hydrogen (secondary N) is 1. The maximum absolute atomic E-state index is 12.6. The van der Waals surface area contributed by atoms with E-state index in [4.69, 9.17) is 0 Å². The van der Waals surface area contributed by atoms with Gasteiger partial charge < -0.3 is 10.2 Å². The van der Waals surface area contributed by atoms with E-state index in [1.165, 1.54) is 4.90 Å². The second kappa shape index (κ2) is 8.40. The Morgan fingerprint density at radius 2 is 1.79 bits per heavy atom. The molecular formula is C17H17N3O6S2. The van der Waals surface area contributed by atoms with Crippen molar-refractivity contribution in [1.29, 1.82) is 0 Å². The number of non-ortho nitro benzene ring substituents is 1. The van der Waals surface area contributed by atoms with Crippen LogP contribution in [-0.2, 0) is 9.84 Å². The van der Waals surface area contributed by atoms with Gasteiger partial charge in [-0.15, -0.1) is 0 Å². The number of nitrogens with zero attached hydrogens (tertiary/aromatic N) is 2. The van der Waals surface area contributed by atoms with Crippen LogP contribution >= 0.6 is 11.8 Å². The molecule has 0 unspecified atom stereocenters. The van der Waals surface area contributed by atoms with Crippen molar-refractivity contribution in [1.82, 2.24) is 4.90 Å². The summed E-state index contributed by atoms with van der Waals surface area (Å²) in [5.74, 6) is -0.737. The molecule has 9 nitrogen and oxygen atoms in total. The lowest BCUT2D eigenvalue weighted by Crippen LogP contribution is -2.17. The first-order chi connectivity index (χ1) is 13.0. The largest absolute Gasteiger partial charge is 0.339 e. The minimum atomic E-state index is -3.76. The molecule has 11 heteroatoms. The van der Waals surface area contributed by atoms with Gasteiger partial charge in [0.2, 0.25) is 0 Å². The van der Waals surface area contributed by atoms with E-state index in [1.54, 1.807) is 38.4 Å². The summed E-state index contributed by atoms with van der Waals surface area (Å²) in [6.45, 7) is 0. The molecule has 2 aromatic rings. The van der Waals surface area contributed by atoms with Gasteiger partial charge in [-0.3, -0.25) is 19.7 Å². The molecule has 0 saturated heterocycles. The summed E-state index contributed by atoms with van der Waals surface area (Å²) in [6, 6.07) is 9.50. The predicted octanol–water partition coefficient (Wildman–Crippen LogP) is 3.02. The molecule has 0 aromatic heterocycles. The molecule has 2 amide bonds. The maximum Gasteiger partial charge on any atom is 0.286 e. The third-order valence-corrected chi connectivity index (χ3v) is 5.70. The van der Waals surface area contributed by atoms with Crippen LogP contribution in [0.1, 0.15) is 10.4 Å². The van der Waals surface area contributed by atoms with Gasteiger partial charge >= 0.3 is 0 Å². The van der Waals surface area contributed by atoms with Crippen molar-refractivity contribution in [3.63, 3.8) is 0 Å². The molecule has 0 atom stereocenters. The fraction of sp³-hybridized carbons (Fsp3) is 0.176. The smallest absolute Gasteiger partial charge is 0.286 e. The Labute approximate surface area is 165 Å². The number of carbonyl (C=O) groups is 2. The van der Waals surface area contributed by atoms with E-state index in [0.29, 0.717) is 10.6 Å². The molecule has 2 rings (SSSR count). The van der Waals surface area contributed by atoms with Crippen molar-refractivity contribution >= 4 is 44.1 Å². The summed E-state index contributed by atoms with van der Waals surface area (Å²) < 4.78 is 23.6. The number of nitro benzene ring substituents is 1. The number of sulfone groups is 1. The Bertz CT molecular complexity index is 1050. The number of rotatable bonds is 5. The number of anilines is 1. The zero-order chi connectivity index (χ0) is 21.1. The zero-order valence-electron chi connectivity index (χ0n) is 15.2. The SMILES string of the molecule is CN(C)C(=O)Sc1ccccc1NC(=O)c1cc([N+](=O)[O-])cc(S(C)(=O)=O)c1. The number of amides is 2. The van der Waals surface area contributed by atoms with E-state index in [-0.39, 0.29) is 15.7 Å². The predicted molar refractivity (Wildman–Crippen MR) is 106 cm³/mol. The van der Waals surface area contributed by atoms with E-state index in [2.05, 4.69) is 5.32 Å². The molecule has 0 spiro atoms. The number of benzene rings is 2. The van der Waals surface area contributed by atoms with E-state index in [9.17, 15) is 28.1 Å². The first-order valence-corrected chi connectivity index (χ1v) is 10.5. The van der Waals surface area contributed by atoms with Crippen molar-refractivity contribution in [3.8, 4) is 0 Å². The van der Waals surface area contributed by atoms with Gasteiger partial charge in [-0.1, -0.05) is 12.1 Å². The zero-order valence-corrected chi connectivity index (χ0v) is 16.8. The summed E-state index contributed by atoms with van der Waals surface area (Å²) in [7, 11) is -0.581. The summed E-state index contributed by atoms with van der Waals surface area (Å²) in [6.07, 6.45) is 0.895. The first-order valence-electron chi connectivity index (χ1n) is 7.78. The van der Waals surface area contributed by atoms with Crippen LogP contribution in [0.3, 0.4) is 0 Å². The molecule has 0 aliphatic carbocycles. The Morgan fingerprint density at radius 1 is 1.14 bits per heavy atom. The van der Waals surface area contributed by atoms with E-state index >= 15 is 0 Å². The average Bonchev–Trinajstić information content (AvgIpc) is 2.61. The fourth-order valence-corrected chi connectivity index (χ4v) is 3.49. The number of thioether (sulfide) groups is 1. The van der Waals surface area contributed by atoms with Gasteiger partial charge in [0.1, 0.15) is 0 Å². The van der Waals surface area contributed by atoms with Crippen LogP contribution in [0.5, 0.6) is 0 Å². The monoisotopic (exact) mass is 423 g/mol. The van der Waals surface area contributed by atoms with E-state index < -0.39 is 26.4 Å². The van der Waals surface area contributed by atoms with E-state index in [0.717, 1.165) is 36.2 Å². The van der Waals surface area contributed by atoms with Gasteiger partial charge in [0.05, 0.1) is 15.5 Å². The summed E-state index contributed by atoms with van der Waals surface area (Å²) in [5.41, 5.74) is -0.382. The Balaban J connectivity index is 2.40. The van der Waals surface area contributed by atoms with Crippen LogP contribution in [0.25, 0.3) is 0 Å².